The number of nitrogens with zero attached hydrogens (tertiary/aromatic N) is 3. The average Bonchev–Trinajstić information content (AvgIpc) is 3.59. The van der Waals surface area contributed by atoms with Crippen LogP contribution < -0.4 is 4.74 Å². The number of benzene rings is 2. The number of rotatable bonds is 9. The van der Waals surface area contributed by atoms with Gasteiger partial charge in [0, 0.05) is 31.6 Å². The van der Waals surface area contributed by atoms with Crippen molar-refractivity contribution in [3.8, 4) is 5.75 Å². The zero-order valence-corrected chi connectivity index (χ0v) is 18.6. The van der Waals surface area contributed by atoms with Gasteiger partial charge in [0.2, 0.25) is 5.91 Å². The van der Waals surface area contributed by atoms with Crippen molar-refractivity contribution in [1.29, 1.82) is 0 Å². The number of carbonyl (C=O) groups is 2. The SMILES string of the molecule is COCCN(CC(=O)N1N=C(c2cccc(OC)c2)CC1c1ccccc1)C(=O)C1CC1. The van der Waals surface area contributed by atoms with Crippen LogP contribution in [0.2, 0.25) is 0 Å². The van der Waals surface area contributed by atoms with Crippen molar-refractivity contribution < 1.29 is 19.1 Å². The van der Waals surface area contributed by atoms with E-state index < -0.39 is 0 Å². The first-order valence-electron chi connectivity index (χ1n) is 11.0. The van der Waals surface area contributed by atoms with Gasteiger partial charge in [0.05, 0.1) is 25.5 Å². The predicted octanol–water partition coefficient (Wildman–Crippen LogP) is 3.26. The highest BCUT2D eigenvalue weighted by molar-refractivity contribution is 6.03. The molecule has 7 nitrogen and oxygen atoms in total. The molecule has 1 heterocycles. The minimum absolute atomic E-state index is 0.00306. The third-order valence-electron chi connectivity index (χ3n) is 5.88. The molecule has 1 fully saturated rings. The topological polar surface area (TPSA) is 71.4 Å². The molecule has 1 aliphatic carbocycles. The maximum atomic E-state index is 13.4. The Labute approximate surface area is 188 Å². The van der Waals surface area contributed by atoms with Gasteiger partial charge >= 0.3 is 0 Å². The first-order valence-corrected chi connectivity index (χ1v) is 11.0. The van der Waals surface area contributed by atoms with Crippen molar-refractivity contribution >= 4 is 17.5 Å². The van der Waals surface area contributed by atoms with Crippen molar-refractivity contribution in [3.05, 3.63) is 65.7 Å². The number of hydrogen-bond acceptors (Lipinski definition) is 5. The molecule has 0 saturated heterocycles. The van der Waals surface area contributed by atoms with Gasteiger partial charge in [0.25, 0.3) is 5.91 Å². The monoisotopic (exact) mass is 435 g/mol. The number of methoxy groups -OCH3 is 2. The lowest BCUT2D eigenvalue weighted by molar-refractivity contribution is -0.142. The Morgan fingerprint density at radius 2 is 1.88 bits per heavy atom. The van der Waals surface area contributed by atoms with Crippen LogP contribution in [0.4, 0.5) is 0 Å². The van der Waals surface area contributed by atoms with Gasteiger partial charge in [0.15, 0.2) is 0 Å². The predicted molar refractivity (Wildman–Crippen MR) is 121 cm³/mol. The van der Waals surface area contributed by atoms with E-state index in [-0.39, 0.29) is 30.3 Å². The first-order chi connectivity index (χ1) is 15.6. The second-order valence-corrected chi connectivity index (χ2v) is 8.17. The molecule has 0 spiro atoms. The lowest BCUT2D eigenvalue weighted by Crippen LogP contribution is -2.43. The molecule has 2 aromatic carbocycles. The highest BCUT2D eigenvalue weighted by Gasteiger charge is 2.37. The fourth-order valence-corrected chi connectivity index (χ4v) is 3.95. The first kappa shape index (κ1) is 22.0. The summed E-state index contributed by atoms with van der Waals surface area (Å²) in [6.07, 6.45) is 2.38. The molecule has 1 unspecified atom stereocenters. The summed E-state index contributed by atoms with van der Waals surface area (Å²) in [5, 5.41) is 6.27. The summed E-state index contributed by atoms with van der Waals surface area (Å²) >= 11 is 0. The molecule has 1 aliphatic heterocycles. The Balaban J connectivity index is 1.59. The molecule has 0 aromatic heterocycles. The molecule has 2 aliphatic rings. The van der Waals surface area contributed by atoms with Crippen LogP contribution in [-0.2, 0) is 14.3 Å². The number of carbonyl (C=O) groups excluding carboxylic acids is 2. The van der Waals surface area contributed by atoms with Gasteiger partial charge in [-0.3, -0.25) is 9.59 Å². The van der Waals surface area contributed by atoms with E-state index in [4.69, 9.17) is 14.6 Å². The lowest BCUT2D eigenvalue weighted by Gasteiger charge is -2.27. The highest BCUT2D eigenvalue weighted by Crippen LogP contribution is 2.34. The Morgan fingerprint density at radius 1 is 1.09 bits per heavy atom. The number of hydrogen-bond donors (Lipinski definition) is 0. The van der Waals surface area contributed by atoms with Crippen LogP contribution in [0.5, 0.6) is 5.75 Å². The van der Waals surface area contributed by atoms with Gasteiger partial charge in [-0.2, -0.15) is 5.10 Å². The molecule has 2 aromatic rings. The van der Waals surface area contributed by atoms with Crippen molar-refractivity contribution in [2.75, 3.05) is 33.9 Å². The molecule has 1 saturated carbocycles. The number of hydrazone groups is 1. The minimum atomic E-state index is -0.217. The fraction of sp³-hybridized carbons (Fsp3) is 0.400. The Bertz CT molecular complexity index is 988. The van der Waals surface area contributed by atoms with Gasteiger partial charge in [-0.1, -0.05) is 42.5 Å². The summed E-state index contributed by atoms with van der Waals surface area (Å²) < 4.78 is 10.5. The molecule has 4 rings (SSSR count). The van der Waals surface area contributed by atoms with Crippen molar-refractivity contribution in [2.24, 2.45) is 11.0 Å². The molecule has 7 heteroatoms. The number of amides is 2. The molecule has 0 bridgehead atoms. The van der Waals surface area contributed by atoms with Gasteiger partial charge in [-0.25, -0.2) is 5.01 Å². The van der Waals surface area contributed by atoms with Crippen LogP contribution in [0.25, 0.3) is 0 Å². The lowest BCUT2D eigenvalue weighted by atomic mass is 9.98. The summed E-state index contributed by atoms with van der Waals surface area (Å²) in [5.41, 5.74) is 2.76. The van der Waals surface area contributed by atoms with Crippen LogP contribution in [0.15, 0.2) is 59.7 Å². The largest absolute Gasteiger partial charge is 0.497 e. The van der Waals surface area contributed by atoms with Gasteiger partial charge in [0.1, 0.15) is 12.3 Å². The van der Waals surface area contributed by atoms with Crippen LogP contribution >= 0.6 is 0 Å². The van der Waals surface area contributed by atoms with Crippen molar-refractivity contribution in [3.63, 3.8) is 0 Å². The molecule has 168 valence electrons. The van der Waals surface area contributed by atoms with E-state index >= 15 is 0 Å². The summed E-state index contributed by atoms with van der Waals surface area (Å²) in [7, 11) is 3.22. The average molecular weight is 436 g/mol. The van der Waals surface area contributed by atoms with Crippen molar-refractivity contribution in [1.82, 2.24) is 9.91 Å². The molecule has 0 radical (unpaired) electrons. The zero-order valence-electron chi connectivity index (χ0n) is 18.6. The maximum Gasteiger partial charge on any atom is 0.262 e. The van der Waals surface area contributed by atoms with Gasteiger partial charge < -0.3 is 14.4 Å². The van der Waals surface area contributed by atoms with Gasteiger partial charge in [-0.15, -0.1) is 0 Å². The van der Waals surface area contributed by atoms with Crippen LogP contribution in [0.1, 0.15) is 36.4 Å². The van der Waals surface area contributed by atoms with E-state index in [2.05, 4.69) is 0 Å². The quantitative estimate of drug-likeness (QED) is 0.606. The van der Waals surface area contributed by atoms with Gasteiger partial charge in [-0.05, 0) is 30.5 Å². The van der Waals surface area contributed by atoms with Crippen molar-refractivity contribution in [2.45, 2.75) is 25.3 Å². The summed E-state index contributed by atoms with van der Waals surface area (Å²) in [4.78, 5) is 27.7. The van der Waals surface area contributed by atoms with E-state index in [0.29, 0.717) is 19.6 Å². The number of ether oxygens (including phenoxy) is 2. The molecular formula is C25H29N3O4. The molecule has 2 amide bonds. The maximum absolute atomic E-state index is 13.4. The smallest absolute Gasteiger partial charge is 0.262 e. The Hall–Kier alpha value is -3.19. The molecule has 1 atom stereocenters. The fourth-order valence-electron chi connectivity index (χ4n) is 3.95. The van der Waals surface area contributed by atoms with Crippen LogP contribution in [0.3, 0.4) is 0 Å². The summed E-state index contributed by atoms with van der Waals surface area (Å²) in [5.74, 6) is 0.621. The second kappa shape index (κ2) is 9.96. The van der Waals surface area contributed by atoms with E-state index in [1.54, 1.807) is 24.1 Å². The normalized spacial score (nSPS) is 17.8. The summed E-state index contributed by atoms with van der Waals surface area (Å²) in [6, 6.07) is 17.4. The molecule has 32 heavy (non-hydrogen) atoms. The minimum Gasteiger partial charge on any atom is -0.497 e. The molecule has 0 N–H and O–H groups in total. The van der Waals surface area contributed by atoms with E-state index in [1.165, 1.54) is 0 Å². The van der Waals surface area contributed by atoms with E-state index in [1.807, 2.05) is 54.6 Å². The van der Waals surface area contributed by atoms with E-state index in [0.717, 1.165) is 35.4 Å². The third-order valence-corrected chi connectivity index (χ3v) is 5.88. The van der Waals surface area contributed by atoms with Crippen LogP contribution in [-0.4, -0.2) is 61.4 Å². The third kappa shape index (κ3) is 4.99. The Kier molecular flexibility index (Phi) is 6.85. The van der Waals surface area contributed by atoms with E-state index in [9.17, 15) is 9.59 Å². The van der Waals surface area contributed by atoms with Crippen LogP contribution in [0, 0.1) is 5.92 Å². The zero-order chi connectivity index (χ0) is 22.5. The highest BCUT2D eigenvalue weighted by atomic mass is 16.5. The molecular weight excluding hydrogens is 406 g/mol. The standard InChI is InChI=1S/C25H29N3O4/c1-31-14-13-27(25(30)19-11-12-19)17-24(29)28-23(18-7-4-3-5-8-18)16-22(26-28)20-9-6-10-21(15-20)32-2/h3-10,15,19,23H,11-14,16-17H2,1-2H3. The second-order valence-electron chi connectivity index (χ2n) is 8.17. The summed E-state index contributed by atoms with van der Waals surface area (Å²) in [6.45, 7) is 0.789. The Morgan fingerprint density at radius 3 is 2.56 bits per heavy atom.